The van der Waals surface area contributed by atoms with Gasteiger partial charge in [-0.2, -0.15) is 0 Å². The van der Waals surface area contributed by atoms with Gasteiger partial charge in [0, 0.05) is 11.8 Å². The minimum Gasteiger partial charge on any atom is -0.370 e. The number of primary amides is 1. The summed E-state index contributed by atoms with van der Waals surface area (Å²) in [5, 5.41) is 4.50. The molecule has 0 aromatic rings. The number of nitrogens with one attached hydrogen (secondary N) is 1. The summed E-state index contributed by atoms with van der Waals surface area (Å²) in [6, 6.07) is 0.626. The number of hydrogen-bond acceptors (Lipinski definition) is 4. The molecule has 6 heteroatoms. The Morgan fingerprint density at radius 3 is 3.29 bits per heavy atom. The second-order valence-electron chi connectivity index (χ2n) is 4.46. The van der Waals surface area contributed by atoms with Gasteiger partial charge in [-0.1, -0.05) is 18.2 Å². The second kappa shape index (κ2) is 6.26. The Kier molecular flexibility index (Phi) is 4.67. The monoisotopic (exact) mass is 257 g/mol. The zero-order chi connectivity index (χ0) is 12.1. The molecule has 2 atom stereocenters. The number of nitrogens with two attached hydrogens (primary N) is 1. The minimum absolute atomic E-state index is 0.0177. The van der Waals surface area contributed by atoms with Gasteiger partial charge in [-0.15, -0.1) is 0 Å². The highest BCUT2D eigenvalue weighted by atomic mass is 32.2. The largest absolute Gasteiger partial charge is 0.370 e. The molecule has 0 spiro atoms. The molecule has 0 bridgehead atoms. The molecule has 1 aliphatic carbocycles. The quantitative estimate of drug-likeness (QED) is 0.697. The standard InChI is InChI=1S/C11H19N3O2S/c12-10(15)6-16-5-4-13-11-14-9-3-1-2-8(9)7-17-11/h8-9H,1-7H2,(H2,12,15)(H,13,14). The predicted octanol–water partition coefficient (Wildman–Crippen LogP) is 0.349. The lowest BCUT2D eigenvalue weighted by Gasteiger charge is -2.28. The highest BCUT2D eigenvalue weighted by Crippen LogP contribution is 2.32. The van der Waals surface area contributed by atoms with Gasteiger partial charge in [0.15, 0.2) is 5.17 Å². The Bertz CT molecular complexity index is 309. The molecule has 1 saturated carbocycles. The van der Waals surface area contributed by atoms with Crippen LogP contribution < -0.4 is 11.1 Å². The summed E-state index contributed by atoms with van der Waals surface area (Å²) >= 11 is 1.80. The Morgan fingerprint density at radius 2 is 2.47 bits per heavy atom. The number of nitrogens with zero attached hydrogens (tertiary/aromatic N) is 1. The van der Waals surface area contributed by atoms with Gasteiger partial charge < -0.3 is 15.8 Å². The summed E-state index contributed by atoms with van der Waals surface area (Å²) in [5.41, 5.74) is 4.96. The first-order valence-electron chi connectivity index (χ1n) is 6.05. The van der Waals surface area contributed by atoms with Crippen LogP contribution in [0.1, 0.15) is 19.3 Å². The van der Waals surface area contributed by atoms with E-state index in [-0.39, 0.29) is 6.61 Å². The van der Waals surface area contributed by atoms with Crippen molar-refractivity contribution in [3.63, 3.8) is 0 Å². The van der Waals surface area contributed by atoms with Crippen LogP contribution in [0.4, 0.5) is 0 Å². The number of fused-ring (bicyclic) bond motifs is 1. The topological polar surface area (TPSA) is 76.7 Å². The molecule has 3 N–H and O–H groups in total. The molecule has 0 aromatic heterocycles. The highest BCUT2D eigenvalue weighted by molar-refractivity contribution is 8.13. The van der Waals surface area contributed by atoms with Gasteiger partial charge in [0.05, 0.1) is 13.2 Å². The van der Waals surface area contributed by atoms with Crippen molar-refractivity contribution < 1.29 is 9.53 Å². The SMILES string of the molecule is NC(=O)COCCN=C1NC2CCCC2CS1. The third kappa shape index (κ3) is 3.89. The fourth-order valence-electron chi connectivity index (χ4n) is 2.29. The zero-order valence-electron chi connectivity index (χ0n) is 9.85. The van der Waals surface area contributed by atoms with Crippen molar-refractivity contribution in [3.8, 4) is 0 Å². The Balaban J connectivity index is 1.66. The van der Waals surface area contributed by atoms with E-state index in [0.717, 1.165) is 11.1 Å². The first-order valence-corrected chi connectivity index (χ1v) is 7.04. The number of amidine groups is 1. The maximum atomic E-state index is 10.4. The van der Waals surface area contributed by atoms with Gasteiger partial charge in [0.1, 0.15) is 6.61 Å². The van der Waals surface area contributed by atoms with E-state index in [0.29, 0.717) is 19.2 Å². The van der Waals surface area contributed by atoms with Gasteiger partial charge in [0.2, 0.25) is 5.91 Å². The van der Waals surface area contributed by atoms with Crippen LogP contribution in [-0.4, -0.2) is 42.6 Å². The summed E-state index contributed by atoms with van der Waals surface area (Å²) in [7, 11) is 0. The zero-order valence-corrected chi connectivity index (χ0v) is 10.7. The third-order valence-corrected chi connectivity index (χ3v) is 4.25. The number of rotatable bonds is 5. The van der Waals surface area contributed by atoms with Crippen molar-refractivity contribution in [2.45, 2.75) is 25.3 Å². The number of hydrogen-bond donors (Lipinski definition) is 2. The van der Waals surface area contributed by atoms with Gasteiger partial charge in [-0.3, -0.25) is 9.79 Å². The van der Waals surface area contributed by atoms with E-state index in [1.165, 1.54) is 25.0 Å². The van der Waals surface area contributed by atoms with Crippen molar-refractivity contribution in [1.82, 2.24) is 5.32 Å². The maximum Gasteiger partial charge on any atom is 0.243 e. The van der Waals surface area contributed by atoms with E-state index in [9.17, 15) is 4.79 Å². The molecule has 1 amide bonds. The Labute approximate surface area is 106 Å². The number of thioether (sulfide) groups is 1. The van der Waals surface area contributed by atoms with Crippen LogP contribution in [0, 0.1) is 5.92 Å². The van der Waals surface area contributed by atoms with Gasteiger partial charge in [-0.05, 0) is 18.8 Å². The molecule has 96 valence electrons. The Morgan fingerprint density at radius 1 is 1.59 bits per heavy atom. The van der Waals surface area contributed by atoms with E-state index in [1.54, 1.807) is 11.8 Å². The van der Waals surface area contributed by atoms with Crippen LogP contribution in [-0.2, 0) is 9.53 Å². The van der Waals surface area contributed by atoms with Crippen LogP contribution in [0.5, 0.6) is 0 Å². The number of ether oxygens (including phenoxy) is 1. The molecule has 2 fully saturated rings. The van der Waals surface area contributed by atoms with Crippen LogP contribution in [0.15, 0.2) is 4.99 Å². The molecule has 0 radical (unpaired) electrons. The summed E-state index contributed by atoms with van der Waals surface area (Å²) < 4.78 is 5.05. The van der Waals surface area contributed by atoms with Crippen LogP contribution in [0.2, 0.25) is 0 Å². The molecule has 1 aliphatic heterocycles. The predicted molar refractivity (Wildman–Crippen MR) is 69.0 cm³/mol. The Hall–Kier alpha value is -0.750. The van der Waals surface area contributed by atoms with Crippen LogP contribution >= 0.6 is 11.8 Å². The van der Waals surface area contributed by atoms with E-state index in [1.807, 2.05) is 0 Å². The van der Waals surface area contributed by atoms with E-state index in [2.05, 4.69) is 10.3 Å². The lowest BCUT2D eigenvalue weighted by Crippen LogP contribution is -2.41. The van der Waals surface area contributed by atoms with Crippen molar-refractivity contribution in [3.05, 3.63) is 0 Å². The lowest BCUT2D eigenvalue weighted by molar-refractivity contribution is -0.122. The molecular weight excluding hydrogens is 238 g/mol. The number of carbonyl (C=O) groups is 1. The third-order valence-electron chi connectivity index (χ3n) is 3.14. The first-order chi connectivity index (χ1) is 8.25. The molecular formula is C11H19N3O2S. The average molecular weight is 257 g/mol. The normalized spacial score (nSPS) is 30.0. The summed E-state index contributed by atoms with van der Waals surface area (Å²) in [6.45, 7) is 1.01. The summed E-state index contributed by atoms with van der Waals surface area (Å²) in [6.07, 6.45) is 3.94. The van der Waals surface area contributed by atoms with Gasteiger partial charge >= 0.3 is 0 Å². The molecule has 5 nitrogen and oxygen atoms in total. The maximum absolute atomic E-state index is 10.4. The van der Waals surface area contributed by atoms with Gasteiger partial charge in [0.25, 0.3) is 0 Å². The summed E-state index contributed by atoms with van der Waals surface area (Å²) in [5.74, 6) is 1.57. The van der Waals surface area contributed by atoms with Crippen LogP contribution in [0.25, 0.3) is 0 Å². The smallest absolute Gasteiger partial charge is 0.243 e. The molecule has 0 aromatic carbocycles. The summed E-state index contributed by atoms with van der Waals surface area (Å²) in [4.78, 5) is 14.9. The van der Waals surface area contributed by atoms with Crippen molar-refractivity contribution in [1.29, 1.82) is 0 Å². The second-order valence-corrected chi connectivity index (χ2v) is 5.47. The number of aliphatic imine (C=N–C) groups is 1. The first kappa shape index (κ1) is 12.7. The fourth-order valence-corrected chi connectivity index (χ4v) is 3.48. The van der Waals surface area contributed by atoms with E-state index >= 15 is 0 Å². The number of carbonyl (C=O) groups excluding carboxylic acids is 1. The molecule has 1 heterocycles. The molecule has 1 saturated heterocycles. The van der Waals surface area contributed by atoms with Crippen molar-refractivity contribution >= 4 is 22.8 Å². The fraction of sp³-hybridized carbons (Fsp3) is 0.818. The van der Waals surface area contributed by atoms with Crippen LogP contribution in [0.3, 0.4) is 0 Å². The number of amides is 1. The molecule has 2 aliphatic rings. The minimum atomic E-state index is -0.434. The van der Waals surface area contributed by atoms with Crippen molar-refractivity contribution in [2.24, 2.45) is 16.6 Å². The molecule has 2 unspecified atom stereocenters. The van der Waals surface area contributed by atoms with Crippen molar-refractivity contribution in [2.75, 3.05) is 25.5 Å². The van der Waals surface area contributed by atoms with Gasteiger partial charge in [-0.25, -0.2) is 0 Å². The average Bonchev–Trinajstić information content (AvgIpc) is 2.75. The van der Waals surface area contributed by atoms with E-state index < -0.39 is 5.91 Å². The highest BCUT2D eigenvalue weighted by Gasteiger charge is 2.31. The molecule has 2 rings (SSSR count). The molecule has 17 heavy (non-hydrogen) atoms. The lowest BCUT2D eigenvalue weighted by atomic mass is 10.1. The van der Waals surface area contributed by atoms with E-state index in [4.69, 9.17) is 10.5 Å².